The third-order valence-electron chi connectivity index (χ3n) is 4.39. The Morgan fingerprint density at radius 1 is 0.548 bits per heavy atom. The van der Waals surface area contributed by atoms with Crippen molar-refractivity contribution in [1.82, 2.24) is 0 Å². The Morgan fingerprint density at radius 2 is 1.00 bits per heavy atom. The predicted octanol–water partition coefficient (Wildman–Crippen LogP) is 6.61. The molecule has 0 aliphatic heterocycles. The van der Waals surface area contributed by atoms with E-state index in [1.807, 2.05) is 0 Å². The van der Waals surface area contributed by atoms with E-state index >= 15 is 0 Å². The lowest BCUT2D eigenvalue weighted by molar-refractivity contribution is -0.444. The fourth-order valence-electron chi connectivity index (χ4n) is 2.54. The Morgan fingerprint density at radius 3 is 1.48 bits per heavy atom. The Hall–Kier alpha value is -2.25. The highest BCUT2D eigenvalue weighted by atomic mass is 19.4. The molecule has 174 valence electrons. The Bertz CT molecular complexity index is 948. The lowest BCUT2D eigenvalue weighted by Crippen LogP contribution is -2.70. The first-order valence-corrected chi connectivity index (χ1v) is 7.86. The van der Waals surface area contributed by atoms with Crippen molar-refractivity contribution in [3.8, 4) is 0 Å². The van der Waals surface area contributed by atoms with E-state index in [9.17, 15) is 62.2 Å². The summed E-state index contributed by atoms with van der Waals surface area (Å²) in [6.45, 7) is 0. The highest BCUT2D eigenvalue weighted by molar-refractivity contribution is 5.83. The largest absolute Gasteiger partial charge is 0.460 e. The van der Waals surface area contributed by atoms with Gasteiger partial charge < -0.3 is 5.11 Å². The second-order valence-corrected chi connectivity index (χ2v) is 6.43. The third kappa shape index (κ3) is 3.48. The van der Waals surface area contributed by atoms with Crippen LogP contribution in [0.25, 0.3) is 10.8 Å². The van der Waals surface area contributed by atoms with E-state index in [4.69, 9.17) is 0 Å². The van der Waals surface area contributed by atoms with Gasteiger partial charge in [0.15, 0.2) is 0 Å². The molecule has 1 atom stereocenters. The molecule has 0 spiro atoms. The fourth-order valence-corrected chi connectivity index (χ4v) is 2.54. The number of benzene rings is 2. The van der Waals surface area contributed by atoms with Crippen LogP contribution in [-0.4, -0.2) is 40.9 Å². The first kappa shape index (κ1) is 25.0. The molecule has 1 unspecified atom stereocenters. The first-order valence-electron chi connectivity index (χ1n) is 7.86. The van der Waals surface area contributed by atoms with Crippen LogP contribution in [0.3, 0.4) is 0 Å². The van der Waals surface area contributed by atoms with Crippen molar-refractivity contribution in [1.29, 1.82) is 0 Å². The molecule has 0 aliphatic rings. The molecule has 0 amide bonds. The van der Waals surface area contributed by atoms with Gasteiger partial charge in [-0.15, -0.1) is 0 Å². The molecule has 0 saturated carbocycles. The number of halogens is 13. The van der Waals surface area contributed by atoms with E-state index in [1.54, 1.807) is 0 Å². The van der Waals surface area contributed by atoms with Gasteiger partial charge in [0.05, 0.1) is 0 Å². The second-order valence-electron chi connectivity index (χ2n) is 6.43. The van der Waals surface area contributed by atoms with Gasteiger partial charge in [0, 0.05) is 0 Å². The summed E-state index contributed by atoms with van der Waals surface area (Å²) in [4.78, 5) is 0. The van der Waals surface area contributed by atoms with Crippen LogP contribution in [0.1, 0.15) is 11.7 Å². The van der Waals surface area contributed by atoms with Crippen LogP contribution in [0, 0.1) is 0 Å². The summed E-state index contributed by atoms with van der Waals surface area (Å²) in [6.07, 6.45) is -11.5. The molecule has 0 radical (unpaired) electrons. The molecule has 1 nitrogen and oxygen atoms in total. The van der Waals surface area contributed by atoms with Crippen molar-refractivity contribution in [2.45, 2.75) is 41.9 Å². The average Bonchev–Trinajstić information content (AvgIpc) is 2.65. The van der Waals surface area contributed by atoms with Crippen molar-refractivity contribution in [2.24, 2.45) is 0 Å². The molecule has 0 saturated heterocycles. The van der Waals surface area contributed by atoms with Gasteiger partial charge >= 0.3 is 35.8 Å². The predicted molar refractivity (Wildman–Crippen MR) is 79.7 cm³/mol. The normalized spacial score (nSPS) is 15.9. The first-order chi connectivity index (χ1) is 13.7. The molecule has 2 aromatic carbocycles. The number of alkyl halides is 13. The molecule has 1 N–H and O–H groups in total. The topological polar surface area (TPSA) is 20.2 Å². The molecule has 0 aromatic heterocycles. The maximum absolute atomic E-state index is 14.1. The maximum atomic E-state index is 14.1. The van der Waals surface area contributed by atoms with E-state index in [0.717, 1.165) is 6.07 Å². The number of hydrogen-bond donors (Lipinski definition) is 1. The molecule has 0 bridgehead atoms. The van der Waals surface area contributed by atoms with Crippen LogP contribution < -0.4 is 0 Å². The number of aliphatic hydroxyl groups is 1. The van der Waals surface area contributed by atoms with Crippen molar-refractivity contribution in [2.75, 3.05) is 0 Å². The van der Waals surface area contributed by atoms with E-state index in [2.05, 4.69) is 0 Å². The van der Waals surface area contributed by atoms with E-state index in [0.29, 0.717) is 12.1 Å². The fraction of sp³-hybridized carbons (Fsp3) is 0.412. The zero-order valence-corrected chi connectivity index (χ0v) is 14.5. The molecular weight excluding hydrogens is 467 g/mol. The van der Waals surface area contributed by atoms with Gasteiger partial charge in [0.2, 0.25) is 0 Å². The highest BCUT2D eigenvalue weighted by Gasteiger charge is 2.91. The van der Waals surface area contributed by atoms with Crippen LogP contribution in [0.4, 0.5) is 57.1 Å². The smallest absolute Gasteiger partial charge is 0.382 e. The SMILES string of the molecule is OC(c1ccc2ccccc2c1)C(F)(F)C(F)(F)C(F)(F)C(F)(F)C(F)(F)C(F)(F)F. The molecule has 0 heterocycles. The van der Waals surface area contributed by atoms with Gasteiger partial charge in [-0.2, -0.15) is 57.1 Å². The standard InChI is InChI=1S/C17H9F13O/c18-12(19,11(31)10-6-5-8-3-1-2-4-9(8)7-10)13(20,21)14(22,23)15(24,25)16(26,27)17(28,29)30/h1-7,11,31H. The van der Waals surface area contributed by atoms with Crippen LogP contribution >= 0.6 is 0 Å². The quantitative estimate of drug-likeness (QED) is 0.466. The van der Waals surface area contributed by atoms with Gasteiger partial charge in [0.25, 0.3) is 0 Å². The van der Waals surface area contributed by atoms with E-state index in [-0.39, 0.29) is 10.8 Å². The summed E-state index contributed by atoms with van der Waals surface area (Å²) in [7, 11) is 0. The minimum Gasteiger partial charge on any atom is -0.382 e. The van der Waals surface area contributed by atoms with Gasteiger partial charge in [-0.3, -0.25) is 0 Å². The molecule has 14 heteroatoms. The van der Waals surface area contributed by atoms with Crippen molar-refractivity contribution in [3.05, 3.63) is 48.0 Å². The number of rotatable bonds is 6. The summed E-state index contributed by atoms with van der Waals surface area (Å²) in [5.41, 5.74) is -1.22. The van der Waals surface area contributed by atoms with Gasteiger partial charge in [-0.25, -0.2) is 0 Å². The summed E-state index contributed by atoms with van der Waals surface area (Å²) in [5.74, 6) is -37.9. The summed E-state index contributed by atoms with van der Waals surface area (Å²) in [5, 5.41) is 9.80. The minimum absolute atomic E-state index is 0.00105. The van der Waals surface area contributed by atoms with Crippen molar-refractivity contribution < 1.29 is 62.2 Å². The van der Waals surface area contributed by atoms with Crippen molar-refractivity contribution >= 4 is 10.8 Å². The minimum atomic E-state index is -8.01. The Labute approximate surface area is 164 Å². The highest BCUT2D eigenvalue weighted by Crippen LogP contribution is 2.61. The average molecular weight is 476 g/mol. The van der Waals surface area contributed by atoms with Crippen LogP contribution in [0.5, 0.6) is 0 Å². The lowest BCUT2D eigenvalue weighted by Gasteiger charge is -2.40. The zero-order chi connectivity index (χ0) is 24.3. The van der Waals surface area contributed by atoms with E-state index in [1.165, 1.54) is 24.3 Å². The Kier molecular flexibility index (Phi) is 5.76. The van der Waals surface area contributed by atoms with Gasteiger partial charge in [0.1, 0.15) is 6.10 Å². The number of hydrogen-bond acceptors (Lipinski definition) is 1. The second kappa shape index (κ2) is 7.14. The van der Waals surface area contributed by atoms with Crippen LogP contribution in [-0.2, 0) is 0 Å². The number of aliphatic hydroxyl groups excluding tert-OH is 1. The summed E-state index contributed by atoms with van der Waals surface area (Å²) < 4.78 is 171. The molecule has 2 rings (SSSR count). The summed E-state index contributed by atoms with van der Waals surface area (Å²) >= 11 is 0. The monoisotopic (exact) mass is 476 g/mol. The van der Waals surface area contributed by atoms with Crippen molar-refractivity contribution in [3.63, 3.8) is 0 Å². The zero-order valence-electron chi connectivity index (χ0n) is 14.5. The summed E-state index contributed by atoms with van der Waals surface area (Å²) in [6, 6.07) is 7.42. The molecule has 0 aliphatic carbocycles. The molecule has 31 heavy (non-hydrogen) atoms. The van der Waals surface area contributed by atoms with Crippen LogP contribution in [0.2, 0.25) is 0 Å². The van der Waals surface area contributed by atoms with Gasteiger partial charge in [-0.05, 0) is 22.4 Å². The lowest BCUT2D eigenvalue weighted by atomic mass is 9.89. The van der Waals surface area contributed by atoms with Crippen LogP contribution in [0.15, 0.2) is 42.5 Å². The molecule has 0 fully saturated rings. The van der Waals surface area contributed by atoms with E-state index < -0.39 is 47.5 Å². The molecule has 2 aromatic rings. The number of fused-ring (bicyclic) bond motifs is 1. The van der Waals surface area contributed by atoms with Gasteiger partial charge in [-0.1, -0.05) is 36.4 Å². The Balaban J connectivity index is 2.56. The molecular formula is C17H9F13O. The third-order valence-corrected chi connectivity index (χ3v) is 4.39. The maximum Gasteiger partial charge on any atom is 0.460 e.